The van der Waals surface area contributed by atoms with Crippen LogP contribution in [0.25, 0.3) is 0 Å². The zero-order valence-corrected chi connectivity index (χ0v) is 8.49. The van der Waals surface area contributed by atoms with Crippen LogP contribution in [0.15, 0.2) is 23.8 Å². The number of hydrogen-bond donors (Lipinski definition) is 2. The van der Waals surface area contributed by atoms with E-state index in [1.54, 1.807) is 13.8 Å². The first-order valence-electron chi connectivity index (χ1n) is 4.71. The van der Waals surface area contributed by atoms with E-state index in [2.05, 4.69) is 0 Å². The van der Waals surface area contributed by atoms with Gasteiger partial charge in [0, 0.05) is 5.41 Å². The summed E-state index contributed by atoms with van der Waals surface area (Å²) in [5, 5.41) is 18.8. The Balaban J connectivity index is 2.73. The van der Waals surface area contributed by atoms with Crippen molar-refractivity contribution in [2.45, 2.75) is 39.4 Å². The van der Waals surface area contributed by atoms with Gasteiger partial charge in [-0.05, 0) is 25.8 Å². The van der Waals surface area contributed by atoms with Gasteiger partial charge in [0.15, 0.2) is 0 Å². The summed E-state index contributed by atoms with van der Waals surface area (Å²) >= 11 is 0. The molecule has 2 heteroatoms. The second-order valence-corrected chi connectivity index (χ2v) is 4.10. The molecule has 0 heterocycles. The molecule has 0 spiro atoms. The van der Waals surface area contributed by atoms with Crippen molar-refractivity contribution in [1.82, 2.24) is 0 Å². The Morgan fingerprint density at radius 2 is 2.00 bits per heavy atom. The van der Waals surface area contributed by atoms with Gasteiger partial charge in [0.1, 0.15) is 0 Å². The van der Waals surface area contributed by atoms with Crippen LogP contribution in [0.5, 0.6) is 0 Å². The van der Waals surface area contributed by atoms with Gasteiger partial charge in [-0.1, -0.05) is 25.2 Å². The maximum absolute atomic E-state index is 9.52. The van der Waals surface area contributed by atoms with Crippen LogP contribution in [0, 0.1) is 5.41 Å². The fourth-order valence-electron chi connectivity index (χ4n) is 1.38. The monoisotopic (exact) mass is 182 g/mol. The van der Waals surface area contributed by atoms with Gasteiger partial charge in [0.25, 0.3) is 0 Å². The minimum Gasteiger partial charge on any atom is -0.393 e. The molecule has 0 bridgehead atoms. The molecular weight excluding hydrogens is 164 g/mol. The van der Waals surface area contributed by atoms with Crippen molar-refractivity contribution in [3.8, 4) is 0 Å². The molecule has 1 rings (SSSR count). The third-order valence-electron chi connectivity index (χ3n) is 2.87. The normalized spacial score (nSPS) is 32.5. The lowest BCUT2D eigenvalue weighted by molar-refractivity contribution is 0.0872. The summed E-state index contributed by atoms with van der Waals surface area (Å²) in [7, 11) is 0. The van der Waals surface area contributed by atoms with Crippen LogP contribution in [0.1, 0.15) is 27.2 Å². The second-order valence-electron chi connectivity index (χ2n) is 4.10. The summed E-state index contributed by atoms with van der Waals surface area (Å²) in [5.41, 5.74) is 0.774. The van der Waals surface area contributed by atoms with Crippen LogP contribution < -0.4 is 0 Å². The summed E-state index contributed by atoms with van der Waals surface area (Å²) in [4.78, 5) is 0. The van der Waals surface area contributed by atoms with E-state index in [4.69, 9.17) is 0 Å². The zero-order chi connectivity index (χ0) is 10.1. The van der Waals surface area contributed by atoms with E-state index in [9.17, 15) is 10.2 Å². The molecule has 0 amide bonds. The first kappa shape index (κ1) is 10.5. The molecule has 1 aliphatic carbocycles. The van der Waals surface area contributed by atoms with Gasteiger partial charge >= 0.3 is 0 Å². The Morgan fingerprint density at radius 1 is 1.38 bits per heavy atom. The van der Waals surface area contributed by atoms with Crippen LogP contribution in [-0.2, 0) is 0 Å². The van der Waals surface area contributed by atoms with E-state index in [-0.39, 0.29) is 11.5 Å². The van der Waals surface area contributed by atoms with Crippen molar-refractivity contribution in [3.63, 3.8) is 0 Å². The van der Waals surface area contributed by atoms with Crippen molar-refractivity contribution in [3.05, 3.63) is 23.8 Å². The first-order chi connectivity index (χ1) is 5.96. The van der Waals surface area contributed by atoms with Gasteiger partial charge in [-0.3, -0.25) is 0 Å². The molecule has 13 heavy (non-hydrogen) atoms. The zero-order valence-electron chi connectivity index (χ0n) is 8.49. The summed E-state index contributed by atoms with van der Waals surface area (Å²) in [5.74, 6) is 0. The first-order valence-corrected chi connectivity index (χ1v) is 4.71. The van der Waals surface area contributed by atoms with Gasteiger partial charge in [0.2, 0.25) is 0 Å². The highest BCUT2D eigenvalue weighted by molar-refractivity contribution is 5.29. The minimum atomic E-state index is -0.408. The predicted molar refractivity (Wildman–Crippen MR) is 53.3 cm³/mol. The van der Waals surface area contributed by atoms with Crippen LogP contribution in [-0.4, -0.2) is 22.4 Å². The van der Waals surface area contributed by atoms with Gasteiger partial charge in [-0.2, -0.15) is 0 Å². The van der Waals surface area contributed by atoms with Crippen molar-refractivity contribution in [1.29, 1.82) is 0 Å². The molecule has 2 nitrogen and oxygen atoms in total. The van der Waals surface area contributed by atoms with Crippen LogP contribution in [0.3, 0.4) is 0 Å². The van der Waals surface area contributed by atoms with Gasteiger partial charge in [0.05, 0.1) is 12.2 Å². The lowest BCUT2D eigenvalue weighted by Gasteiger charge is -2.31. The number of aliphatic hydroxyl groups is 2. The summed E-state index contributed by atoms with van der Waals surface area (Å²) < 4.78 is 0. The molecule has 0 saturated heterocycles. The molecule has 0 aromatic carbocycles. The standard InChI is InChI=1S/C11H18O2/c1-8(12)10-4-6-11(3,7-5-10)9(2)13/h4-6,8-9,12-13H,7H2,1-3H3. The highest BCUT2D eigenvalue weighted by Gasteiger charge is 2.28. The van der Waals surface area contributed by atoms with Gasteiger partial charge in [-0.25, -0.2) is 0 Å². The van der Waals surface area contributed by atoms with E-state index >= 15 is 0 Å². The summed E-state index contributed by atoms with van der Waals surface area (Å²) in [6.45, 7) is 5.57. The minimum absolute atomic E-state index is 0.168. The Morgan fingerprint density at radius 3 is 2.31 bits per heavy atom. The van der Waals surface area contributed by atoms with E-state index < -0.39 is 6.10 Å². The second kappa shape index (κ2) is 3.64. The number of rotatable bonds is 2. The molecule has 3 atom stereocenters. The SMILES string of the molecule is CC(O)C1=CCC(C)(C(C)O)C=C1. The lowest BCUT2D eigenvalue weighted by atomic mass is 9.77. The van der Waals surface area contributed by atoms with Crippen molar-refractivity contribution >= 4 is 0 Å². The molecule has 0 aliphatic heterocycles. The Hall–Kier alpha value is -0.600. The Bertz CT molecular complexity index is 238. The third-order valence-corrected chi connectivity index (χ3v) is 2.87. The van der Waals surface area contributed by atoms with Gasteiger partial charge in [-0.15, -0.1) is 0 Å². The van der Waals surface area contributed by atoms with E-state index in [0.717, 1.165) is 12.0 Å². The van der Waals surface area contributed by atoms with Gasteiger partial charge < -0.3 is 10.2 Å². The molecule has 1 aliphatic rings. The molecule has 3 unspecified atom stereocenters. The molecule has 0 aromatic rings. The Labute approximate surface area is 79.6 Å². The number of aliphatic hydroxyl groups excluding tert-OH is 2. The quantitative estimate of drug-likeness (QED) is 0.681. The van der Waals surface area contributed by atoms with E-state index in [0.29, 0.717) is 0 Å². The molecular formula is C11H18O2. The third kappa shape index (κ3) is 2.20. The van der Waals surface area contributed by atoms with Crippen LogP contribution in [0.4, 0.5) is 0 Å². The number of hydrogen-bond acceptors (Lipinski definition) is 2. The van der Waals surface area contributed by atoms with Crippen LogP contribution >= 0.6 is 0 Å². The summed E-state index contributed by atoms with van der Waals surface area (Å²) in [6, 6.07) is 0. The van der Waals surface area contributed by atoms with E-state index in [1.807, 2.05) is 25.2 Å². The van der Waals surface area contributed by atoms with Crippen LogP contribution in [0.2, 0.25) is 0 Å². The molecule has 0 radical (unpaired) electrons. The molecule has 0 fully saturated rings. The average Bonchev–Trinajstić information content (AvgIpc) is 2.04. The molecule has 2 N–H and O–H groups in total. The fourth-order valence-corrected chi connectivity index (χ4v) is 1.38. The average molecular weight is 182 g/mol. The lowest BCUT2D eigenvalue weighted by Crippen LogP contribution is -2.29. The highest BCUT2D eigenvalue weighted by Crippen LogP contribution is 2.33. The number of allylic oxidation sites excluding steroid dienone is 1. The molecule has 74 valence electrons. The maximum Gasteiger partial charge on any atom is 0.0758 e. The van der Waals surface area contributed by atoms with Crippen molar-refractivity contribution in [2.24, 2.45) is 5.41 Å². The van der Waals surface area contributed by atoms with Crippen molar-refractivity contribution < 1.29 is 10.2 Å². The predicted octanol–water partition coefficient (Wildman–Crippen LogP) is 1.64. The summed E-state index contributed by atoms with van der Waals surface area (Å²) in [6.07, 6.45) is 5.92. The largest absolute Gasteiger partial charge is 0.393 e. The van der Waals surface area contributed by atoms with Crippen molar-refractivity contribution in [2.75, 3.05) is 0 Å². The molecule has 0 saturated carbocycles. The molecule has 0 aromatic heterocycles. The fraction of sp³-hybridized carbons (Fsp3) is 0.636. The Kier molecular flexibility index (Phi) is 2.94. The maximum atomic E-state index is 9.52. The highest BCUT2D eigenvalue weighted by atomic mass is 16.3. The topological polar surface area (TPSA) is 40.5 Å². The van der Waals surface area contributed by atoms with E-state index in [1.165, 1.54) is 0 Å². The smallest absolute Gasteiger partial charge is 0.0758 e.